The lowest BCUT2D eigenvalue weighted by molar-refractivity contribution is -0.367. The Bertz CT molecular complexity index is 800. The Hall–Kier alpha value is -2.28. The number of hydrogen-bond donors (Lipinski definition) is 0. The van der Waals surface area contributed by atoms with Crippen LogP contribution < -0.4 is 9.88 Å². The number of aromatic nitrogens is 1. The van der Waals surface area contributed by atoms with Crippen LogP contribution in [0.5, 0.6) is 0 Å². The highest BCUT2D eigenvalue weighted by atomic mass is 35.5. The van der Waals surface area contributed by atoms with E-state index in [0.717, 1.165) is 17.8 Å². The van der Waals surface area contributed by atoms with Crippen molar-refractivity contribution in [3.8, 4) is 0 Å². The molecule has 3 rings (SSSR count). The molecule has 0 radical (unpaired) electrons. The Morgan fingerprint density at radius 2 is 1.73 bits per heavy atom. The summed E-state index contributed by atoms with van der Waals surface area (Å²) in [6, 6.07) is 8.28. The minimum atomic E-state index is -4.45. The smallest absolute Gasteiger partial charge is 0.331 e. The van der Waals surface area contributed by atoms with Gasteiger partial charge in [-0.2, -0.15) is 13.2 Å². The van der Waals surface area contributed by atoms with Gasteiger partial charge in [-0.1, -0.05) is 29.3 Å². The predicted molar refractivity (Wildman–Crippen MR) is 92.3 cm³/mol. The molecule has 0 spiro atoms. The summed E-state index contributed by atoms with van der Waals surface area (Å²) in [6.45, 7) is 3.87. The van der Waals surface area contributed by atoms with E-state index in [2.05, 4.69) is 4.98 Å². The fourth-order valence-electron chi connectivity index (χ4n) is 2.88. The van der Waals surface area contributed by atoms with Crippen molar-refractivity contribution in [2.75, 3.05) is 31.1 Å². The molecule has 138 valence electrons. The van der Waals surface area contributed by atoms with Crippen molar-refractivity contribution in [1.29, 1.82) is 0 Å². The molecule has 0 unspecified atom stereocenters. The number of benzene rings is 1. The fraction of sp³-hybridized carbons (Fsp3) is 0.333. The van der Waals surface area contributed by atoms with Crippen LogP contribution in [0.2, 0.25) is 5.02 Å². The number of H-pyrrole nitrogens is 1. The normalized spacial score (nSPS) is 15.3. The van der Waals surface area contributed by atoms with E-state index in [1.54, 1.807) is 17.0 Å². The van der Waals surface area contributed by atoms with Gasteiger partial charge in [-0.3, -0.25) is 9.69 Å². The van der Waals surface area contributed by atoms with Crippen molar-refractivity contribution < 1.29 is 22.9 Å². The molecule has 1 saturated heterocycles. The van der Waals surface area contributed by atoms with Crippen molar-refractivity contribution in [3.05, 3.63) is 58.2 Å². The molecule has 1 fully saturated rings. The Morgan fingerprint density at radius 1 is 1.12 bits per heavy atom. The molecule has 1 aromatic carbocycles. The zero-order valence-electron chi connectivity index (χ0n) is 14.1. The SMILES string of the molecule is Cc1ccc(C(=O)N2CCN(c3[nH+]cc(C(F)(F)F)cc3Cl)CC2)cc1. The summed E-state index contributed by atoms with van der Waals surface area (Å²) < 4.78 is 38.2. The van der Waals surface area contributed by atoms with Gasteiger partial charge in [-0.15, -0.1) is 0 Å². The first-order valence-corrected chi connectivity index (χ1v) is 8.53. The second-order valence-corrected chi connectivity index (χ2v) is 6.64. The topological polar surface area (TPSA) is 37.7 Å². The lowest BCUT2D eigenvalue weighted by Gasteiger charge is -2.31. The number of rotatable bonds is 2. The van der Waals surface area contributed by atoms with Gasteiger partial charge in [0.05, 0.1) is 18.7 Å². The molecule has 1 N–H and O–H groups in total. The van der Waals surface area contributed by atoms with E-state index in [-0.39, 0.29) is 10.9 Å². The van der Waals surface area contributed by atoms with E-state index in [0.29, 0.717) is 37.6 Å². The van der Waals surface area contributed by atoms with Gasteiger partial charge < -0.3 is 4.90 Å². The average molecular weight is 385 g/mol. The van der Waals surface area contributed by atoms with Crippen molar-refractivity contribution in [2.24, 2.45) is 0 Å². The van der Waals surface area contributed by atoms with Crippen molar-refractivity contribution in [3.63, 3.8) is 0 Å². The van der Waals surface area contributed by atoms with E-state index < -0.39 is 11.7 Å². The third-order valence-electron chi connectivity index (χ3n) is 4.38. The molecule has 1 aromatic heterocycles. The summed E-state index contributed by atoms with van der Waals surface area (Å²) in [6.07, 6.45) is -3.54. The number of amides is 1. The van der Waals surface area contributed by atoms with Crippen LogP contribution in [0.3, 0.4) is 0 Å². The molecule has 0 atom stereocenters. The van der Waals surface area contributed by atoms with Crippen LogP contribution in [-0.4, -0.2) is 37.0 Å². The van der Waals surface area contributed by atoms with Crippen LogP contribution in [-0.2, 0) is 6.18 Å². The van der Waals surface area contributed by atoms with Crippen LogP contribution in [0.25, 0.3) is 0 Å². The Balaban J connectivity index is 1.67. The highest BCUT2D eigenvalue weighted by molar-refractivity contribution is 6.32. The Kier molecular flexibility index (Phi) is 5.09. The zero-order valence-corrected chi connectivity index (χ0v) is 14.9. The second kappa shape index (κ2) is 7.15. The Morgan fingerprint density at radius 3 is 2.27 bits per heavy atom. The highest BCUT2D eigenvalue weighted by Crippen LogP contribution is 2.32. The van der Waals surface area contributed by atoms with E-state index in [9.17, 15) is 18.0 Å². The van der Waals surface area contributed by atoms with Gasteiger partial charge in [0.2, 0.25) is 0 Å². The molecule has 0 bridgehead atoms. The first kappa shape index (κ1) is 18.5. The number of aryl methyl sites for hydroxylation is 1. The third kappa shape index (κ3) is 3.93. The molecule has 0 saturated carbocycles. The largest absolute Gasteiger partial charge is 0.419 e. The van der Waals surface area contributed by atoms with Gasteiger partial charge in [0, 0.05) is 5.56 Å². The summed E-state index contributed by atoms with van der Waals surface area (Å²) in [5, 5.41) is 0.0122. The molecule has 0 aliphatic carbocycles. The number of nitrogens with zero attached hydrogens (tertiary/aromatic N) is 2. The monoisotopic (exact) mass is 384 g/mol. The van der Waals surface area contributed by atoms with Crippen molar-refractivity contribution in [1.82, 2.24) is 4.90 Å². The van der Waals surface area contributed by atoms with Crippen molar-refractivity contribution >= 4 is 23.3 Å². The minimum absolute atomic E-state index is 0.0122. The number of piperazine rings is 1. The lowest BCUT2D eigenvalue weighted by Crippen LogP contribution is -2.50. The molecule has 8 heteroatoms. The number of carbonyl (C=O) groups excluding carboxylic acids is 1. The maximum absolute atomic E-state index is 12.7. The predicted octanol–water partition coefficient (Wildman–Crippen LogP) is 3.44. The van der Waals surface area contributed by atoms with Crippen LogP contribution in [0.1, 0.15) is 21.5 Å². The minimum Gasteiger partial charge on any atom is -0.331 e. The Labute approximate surface area is 154 Å². The number of carbonyl (C=O) groups is 1. The van der Waals surface area contributed by atoms with Crippen LogP contribution in [0, 0.1) is 6.92 Å². The van der Waals surface area contributed by atoms with E-state index in [4.69, 9.17) is 11.6 Å². The number of alkyl halides is 3. The number of aromatic amines is 1. The molecule has 2 heterocycles. The molecule has 2 aromatic rings. The molecule has 1 amide bonds. The maximum Gasteiger partial charge on any atom is 0.419 e. The van der Waals surface area contributed by atoms with E-state index >= 15 is 0 Å². The second-order valence-electron chi connectivity index (χ2n) is 6.23. The molecule has 4 nitrogen and oxygen atoms in total. The number of halogens is 4. The van der Waals surface area contributed by atoms with Crippen LogP contribution >= 0.6 is 11.6 Å². The molecular formula is C18H18ClF3N3O+. The fourth-order valence-corrected chi connectivity index (χ4v) is 3.17. The molecule has 26 heavy (non-hydrogen) atoms. The van der Waals surface area contributed by atoms with Crippen molar-refractivity contribution in [2.45, 2.75) is 13.1 Å². The number of nitrogens with one attached hydrogen (secondary N) is 1. The van der Waals surface area contributed by atoms with Crippen LogP contribution in [0.15, 0.2) is 36.5 Å². The van der Waals surface area contributed by atoms with Gasteiger partial charge in [-0.25, -0.2) is 4.98 Å². The highest BCUT2D eigenvalue weighted by Gasteiger charge is 2.34. The number of hydrogen-bond acceptors (Lipinski definition) is 2. The van der Waals surface area contributed by atoms with E-state index in [1.165, 1.54) is 0 Å². The maximum atomic E-state index is 12.7. The van der Waals surface area contributed by atoms with Gasteiger partial charge in [0.1, 0.15) is 24.3 Å². The van der Waals surface area contributed by atoms with E-state index in [1.807, 2.05) is 24.0 Å². The lowest BCUT2D eigenvalue weighted by atomic mass is 10.1. The zero-order chi connectivity index (χ0) is 18.9. The standard InChI is InChI=1S/C18H17ClF3N3O/c1-12-2-4-13(5-3-12)17(26)25-8-6-24(7-9-25)16-15(19)10-14(11-23-16)18(20,21)22/h2-5,10-11H,6-9H2,1H3/p+1. The summed E-state index contributed by atoms with van der Waals surface area (Å²) in [5.74, 6) is 0.384. The van der Waals surface area contributed by atoms with Gasteiger partial charge in [-0.05, 0) is 25.1 Å². The first-order chi connectivity index (χ1) is 12.3. The molecule has 1 aliphatic rings. The third-order valence-corrected chi connectivity index (χ3v) is 4.67. The molecule has 1 aliphatic heterocycles. The van der Waals surface area contributed by atoms with Crippen LogP contribution in [0.4, 0.5) is 19.0 Å². The van der Waals surface area contributed by atoms with Gasteiger partial charge >= 0.3 is 6.18 Å². The van der Waals surface area contributed by atoms with Gasteiger partial charge in [0.25, 0.3) is 11.7 Å². The number of anilines is 1. The summed E-state index contributed by atoms with van der Waals surface area (Å²) in [5.41, 5.74) is 0.890. The summed E-state index contributed by atoms with van der Waals surface area (Å²) in [7, 11) is 0. The average Bonchev–Trinajstić information content (AvgIpc) is 2.61. The number of pyridine rings is 1. The molecular weight excluding hydrogens is 367 g/mol. The van der Waals surface area contributed by atoms with Gasteiger partial charge in [0.15, 0.2) is 0 Å². The summed E-state index contributed by atoms with van der Waals surface area (Å²) >= 11 is 6.02. The quantitative estimate of drug-likeness (QED) is 0.795. The first-order valence-electron chi connectivity index (χ1n) is 8.15. The summed E-state index contributed by atoms with van der Waals surface area (Å²) in [4.78, 5) is 18.7.